The van der Waals surface area contributed by atoms with E-state index in [-0.39, 0.29) is 12.5 Å². The largest absolute Gasteiger partial charge is 0.389 e. The van der Waals surface area contributed by atoms with E-state index >= 15 is 0 Å². The van der Waals surface area contributed by atoms with Crippen LogP contribution >= 0.6 is 0 Å². The predicted octanol–water partition coefficient (Wildman–Crippen LogP) is 3.89. The summed E-state index contributed by atoms with van der Waals surface area (Å²) in [7, 11) is 0. The Kier molecular flexibility index (Phi) is 5.59. The van der Waals surface area contributed by atoms with E-state index in [4.69, 9.17) is 0 Å². The van der Waals surface area contributed by atoms with E-state index in [1.165, 1.54) is 12.8 Å². The van der Waals surface area contributed by atoms with E-state index < -0.39 is 12.6 Å². The van der Waals surface area contributed by atoms with Crippen molar-refractivity contribution in [1.82, 2.24) is 5.32 Å². The molecule has 1 fully saturated rings. The summed E-state index contributed by atoms with van der Waals surface area (Å²) in [6.07, 6.45) is 1.10. The van der Waals surface area contributed by atoms with Gasteiger partial charge in [0.1, 0.15) is 0 Å². The zero-order valence-electron chi connectivity index (χ0n) is 9.95. The van der Waals surface area contributed by atoms with Gasteiger partial charge in [-0.2, -0.15) is 13.2 Å². The molecule has 96 valence electrons. The third-order valence-electron chi connectivity index (χ3n) is 3.08. The van der Waals surface area contributed by atoms with E-state index in [1.807, 2.05) is 6.92 Å². The van der Waals surface area contributed by atoms with Crippen LogP contribution in [0.2, 0.25) is 0 Å². The van der Waals surface area contributed by atoms with Crippen molar-refractivity contribution >= 4 is 0 Å². The zero-order valence-corrected chi connectivity index (χ0v) is 9.95. The molecule has 16 heavy (non-hydrogen) atoms. The molecule has 0 heterocycles. The van der Waals surface area contributed by atoms with Crippen molar-refractivity contribution < 1.29 is 13.2 Å². The predicted molar refractivity (Wildman–Crippen MR) is 59.3 cm³/mol. The molecule has 1 aliphatic carbocycles. The van der Waals surface area contributed by atoms with Crippen LogP contribution in [0.3, 0.4) is 0 Å². The third kappa shape index (κ3) is 7.09. The van der Waals surface area contributed by atoms with Gasteiger partial charge >= 0.3 is 6.18 Å². The summed E-state index contributed by atoms with van der Waals surface area (Å²) in [4.78, 5) is 0. The van der Waals surface area contributed by atoms with Crippen LogP contribution in [0.4, 0.5) is 13.2 Å². The molecule has 0 bridgehead atoms. The van der Waals surface area contributed by atoms with Crippen LogP contribution in [0.5, 0.6) is 0 Å². The van der Waals surface area contributed by atoms with E-state index in [0.29, 0.717) is 0 Å². The van der Waals surface area contributed by atoms with Crippen molar-refractivity contribution in [3.05, 3.63) is 0 Å². The van der Waals surface area contributed by atoms with Crippen LogP contribution in [-0.2, 0) is 0 Å². The van der Waals surface area contributed by atoms with Crippen LogP contribution in [0.15, 0.2) is 0 Å². The summed E-state index contributed by atoms with van der Waals surface area (Å²) in [5, 5.41) is 3.23. The second-order valence-corrected chi connectivity index (χ2v) is 4.83. The van der Waals surface area contributed by atoms with Gasteiger partial charge in [0.25, 0.3) is 0 Å². The highest BCUT2D eigenvalue weighted by Gasteiger charge is 2.29. The first-order valence-electron chi connectivity index (χ1n) is 6.31. The van der Waals surface area contributed by atoms with Crippen molar-refractivity contribution in [2.45, 2.75) is 64.1 Å². The van der Waals surface area contributed by atoms with Crippen molar-refractivity contribution in [3.8, 4) is 0 Å². The molecule has 1 saturated carbocycles. The highest BCUT2D eigenvalue weighted by atomic mass is 19.4. The Morgan fingerprint density at radius 3 is 2.44 bits per heavy atom. The molecule has 0 aromatic heterocycles. The molecule has 0 aromatic rings. The molecule has 0 aromatic carbocycles. The van der Waals surface area contributed by atoms with Gasteiger partial charge in [-0.25, -0.2) is 0 Å². The summed E-state index contributed by atoms with van der Waals surface area (Å²) in [5.74, 6) is 0.803. The van der Waals surface area contributed by atoms with E-state index in [1.54, 1.807) is 0 Å². The molecule has 1 atom stereocenters. The fraction of sp³-hybridized carbons (Fsp3) is 1.00. The second-order valence-electron chi connectivity index (χ2n) is 4.83. The molecule has 1 rings (SSSR count). The maximum atomic E-state index is 12.1. The molecule has 1 N–H and O–H groups in total. The monoisotopic (exact) mass is 237 g/mol. The number of halogens is 3. The molecule has 4 heteroatoms. The van der Waals surface area contributed by atoms with Gasteiger partial charge in [0.15, 0.2) is 0 Å². The molecule has 1 nitrogen and oxygen atoms in total. The zero-order chi connectivity index (χ0) is 12.0. The normalized spacial score (nSPS) is 18.8. The number of hydrogen-bond donors (Lipinski definition) is 1. The third-order valence-corrected chi connectivity index (χ3v) is 3.08. The van der Waals surface area contributed by atoms with Crippen LogP contribution in [-0.4, -0.2) is 18.8 Å². The lowest BCUT2D eigenvalue weighted by Crippen LogP contribution is -2.31. The van der Waals surface area contributed by atoms with E-state index in [9.17, 15) is 13.2 Å². The van der Waals surface area contributed by atoms with Gasteiger partial charge in [-0.15, -0.1) is 0 Å². The lowest BCUT2D eigenvalue weighted by Gasteiger charge is -2.19. The summed E-state index contributed by atoms with van der Waals surface area (Å²) < 4.78 is 36.4. The molecular formula is C12H22F3N. The van der Waals surface area contributed by atoms with Gasteiger partial charge in [-0.05, 0) is 38.1 Å². The minimum absolute atomic E-state index is 0.0576. The van der Waals surface area contributed by atoms with Crippen molar-refractivity contribution in [2.75, 3.05) is 6.54 Å². The molecule has 0 radical (unpaired) electrons. The van der Waals surface area contributed by atoms with Crippen LogP contribution in [0.25, 0.3) is 0 Å². The van der Waals surface area contributed by atoms with Gasteiger partial charge in [0.05, 0.1) is 0 Å². The van der Waals surface area contributed by atoms with Gasteiger partial charge in [0.2, 0.25) is 0 Å². The Labute approximate surface area is 95.8 Å². The maximum absolute atomic E-state index is 12.1. The fourth-order valence-corrected chi connectivity index (χ4v) is 1.88. The quantitative estimate of drug-likeness (QED) is 0.675. The van der Waals surface area contributed by atoms with Crippen molar-refractivity contribution in [1.29, 1.82) is 0 Å². The maximum Gasteiger partial charge on any atom is 0.389 e. The molecule has 0 saturated heterocycles. The minimum atomic E-state index is -4.01. The van der Waals surface area contributed by atoms with Gasteiger partial charge < -0.3 is 5.32 Å². The van der Waals surface area contributed by atoms with Crippen LogP contribution < -0.4 is 5.32 Å². The molecule has 1 unspecified atom stereocenters. The van der Waals surface area contributed by atoms with Crippen molar-refractivity contribution in [2.24, 2.45) is 5.92 Å². The van der Waals surface area contributed by atoms with Gasteiger partial charge in [0, 0.05) is 12.5 Å². The molecular weight excluding hydrogens is 215 g/mol. The number of alkyl halides is 3. The lowest BCUT2D eigenvalue weighted by molar-refractivity contribution is -0.136. The van der Waals surface area contributed by atoms with Crippen LogP contribution in [0, 0.1) is 5.92 Å². The Morgan fingerprint density at radius 1 is 1.25 bits per heavy atom. The molecule has 0 spiro atoms. The first kappa shape index (κ1) is 13.8. The number of rotatable bonds is 8. The second kappa shape index (κ2) is 6.48. The molecule has 1 aliphatic rings. The number of hydrogen-bond acceptors (Lipinski definition) is 1. The molecule has 0 aliphatic heterocycles. The first-order chi connectivity index (χ1) is 7.51. The lowest BCUT2D eigenvalue weighted by atomic mass is 10.0. The first-order valence-corrected chi connectivity index (χ1v) is 6.31. The van der Waals surface area contributed by atoms with Gasteiger partial charge in [-0.1, -0.05) is 19.8 Å². The average molecular weight is 237 g/mol. The van der Waals surface area contributed by atoms with E-state index in [2.05, 4.69) is 5.32 Å². The smallest absolute Gasteiger partial charge is 0.314 e. The summed E-state index contributed by atoms with van der Waals surface area (Å²) in [5.41, 5.74) is 0. The van der Waals surface area contributed by atoms with Crippen LogP contribution in [0.1, 0.15) is 51.9 Å². The Balaban J connectivity index is 2.18. The number of nitrogens with one attached hydrogen (secondary N) is 1. The molecule has 0 amide bonds. The highest BCUT2D eigenvalue weighted by Crippen LogP contribution is 2.34. The fourth-order valence-electron chi connectivity index (χ4n) is 1.88. The topological polar surface area (TPSA) is 12.0 Å². The minimum Gasteiger partial charge on any atom is -0.314 e. The summed E-state index contributed by atoms with van der Waals surface area (Å²) in [6, 6.07) is 0.0576. The Morgan fingerprint density at radius 2 is 1.94 bits per heavy atom. The standard InChI is InChI=1S/C12H22F3N/c1-2-9-16-11(6-5-10-3-4-10)7-8-12(13,14)15/h10-11,16H,2-9H2,1H3. The summed E-state index contributed by atoms with van der Waals surface area (Å²) >= 11 is 0. The van der Waals surface area contributed by atoms with Gasteiger partial charge in [-0.3, -0.25) is 0 Å². The highest BCUT2D eigenvalue weighted by molar-refractivity contribution is 4.77. The summed E-state index contributed by atoms with van der Waals surface area (Å²) in [6.45, 7) is 2.86. The van der Waals surface area contributed by atoms with E-state index in [0.717, 1.165) is 31.7 Å². The average Bonchev–Trinajstić information content (AvgIpc) is 2.99. The SMILES string of the molecule is CCCNC(CCC1CC1)CCC(F)(F)F. The Bertz CT molecular complexity index is 187. The van der Waals surface area contributed by atoms with Crippen molar-refractivity contribution in [3.63, 3.8) is 0 Å². The Hall–Kier alpha value is -0.250.